The Labute approximate surface area is 124 Å². The van der Waals surface area contributed by atoms with Crippen molar-refractivity contribution in [2.75, 3.05) is 18.1 Å². The third kappa shape index (κ3) is 2.50. The van der Waals surface area contributed by atoms with E-state index in [1.165, 1.54) is 19.3 Å². The third-order valence-corrected chi connectivity index (χ3v) is 4.62. The molecule has 2 atom stereocenters. The minimum absolute atomic E-state index is 0.0130. The number of morpholine rings is 1. The maximum Gasteiger partial charge on any atom is 0.124 e. The van der Waals surface area contributed by atoms with Crippen molar-refractivity contribution in [3.63, 3.8) is 0 Å². The van der Waals surface area contributed by atoms with Gasteiger partial charge >= 0.3 is 0 Å². The molecule has 2 unspecified atom stereocenters. The van der Waals surface area contributed by atoms with E-state index < -0.39 is 0 Å². The second-order valence-corrected chi connectivity index (χ2v) is 5.94. The van der Waals surface area contributed by atoms with E-state index in [1.807, 2.05) is 18.2 Å². The van der Waals surface area contributed by atoms with Crippen molar-refractivity contribution in [1.82, 2.24) is 0 Å². The first-order valence-electron chi connectivity index (χ1n) is 7.19. The monoisotopic (exact) mass is 293 g/mol. The zero-order valence-electron chi connectivity index (χ0n) is 11.4. The molecule has 0 aromatic heterocycles. The quantitative estimate of drug-likeness (QED) is 0.651. The summed E-state index contributed by atoms with van der Waals surface area (Å²) in [7, 11) is 0. The van der Waals surface area contributed by atoms with E-state index in [-0.39, 0.29) is 5.84 Å². The number of nitrogen functional groups attached to an aromatic ring is 1. The average Bonchev–Trinajstić information content (AvgIpc) is 2.46. The molecule has 0 spiro atoms. The van der Waals surface area contributed by atoms with E-state index in [0.717, 1.165) is 25.3 Å². The number of rotatable bonds is 2. The van der Waals surface area contributed by atoms with E-state index in [9.17, 15) is 0 Å². The Balaban J connectivity index is 1.87. The van der Waals surface area contributed by atoms with Crippen LogP contribution in [-0.2, 0) is 4.74 Å². The molecule has 3 rings (SSSR count). The molecule has 20 heavy (non-hydrogen) atoms. The van der Waals surface area contributed by atoms with Crippen molar-refractivity contribution in [2.24, 2.45) is 5.73 Å². The van der Waals surface area contributed by atoms with E-state index in [4.69, 9.17) is 27.5 Å². The number of benzene rings is 1. The molecule has 0 radical (unpaired) electrons. The van der Waals surface area contributed by atoms with Gasteiger partial charge in [0.1, 0.15) is 5.84 Å². The van der Waals surface area contributed by atoms with Gasteiger partial charge in [-0.05, 0) is 31.0 Å². The number of nitrogens with one attached hydrogen (secondary N) is 1. The average molecular weight is 294 g/mol. The number of nitrogens with two attached hydrogens (primary N) is 1. The highest BCUT2D eigenvalue weighted by atomic mass is 35.5. The van der Waals surface area contributed by atoms with E-state index in [0.29, 0.717) is 22.7 Å². The Kier molecular flexibility index (Phi) is 3.85. The Morgan fingerprint density at radius 2 is 2.15 bits per heavy atom. The fourth-order valence-electron chi connectivity index (χ4n) is 3.32. The van der Waals surface area contributed by atoms with Gasteiger partial charge in [0.25, 0.3) is 0 Å². The molecular formula is C15H20ClN3O. The lowest BCUT2D eigenvalue weighted by Gasteiger charge is -2.45. The Morgan fingerprint density at radius 1 is 1.35 bits per heavy atom. The lowest BCUT2D eigenvalue weighted by Crippen LogP contribution is -2.52. The molecule has 5 heteroatoms. The highest BCUT2D eigenvalue weighted by Crippen LogP contribution is 2.33. The Morgan fingerprint density at radius 3 is 2.90 bits per heavy atom. The van der Waals surface area contributed by atoms with Gasteiger partial charge in [-0.15, -0.1) is 0 Å². The SMILES string of the molecule is N=C(N)c1ccc(N2CCOC3CCCCC32)cc1Cl. The third-order valence-electron chi connectivity index (χ3n) is 4.31. The van der Waals surface area contributed by atoms with Gasteiger partial charge in [0, 0.05) is 17.8 Å². The summed E-state index contributed by atoms with van der Waals surface area (Å²) in [5, 5.41) is 8.05. The number of amidine groups is 1. The van der Waals surface area contributed by atoms with E-state index in [2.05, 4.69) is 4.90 Å². The lowest BCUT2D eigenvalue weighted by molar-refractivity contribution is -0.00867. The topological polar surface area (TPSA) is 62.3 Å². The molecule has 4 nitrogen and oxygen atoms in total. The summed E-state index contributed by atoms with van der Waals surface area (Å²) < 4.78 is 5.90. The fourth-order valence-corrected chi connectivity index (χ4v) is 3.59. The van der Waals surface area contributed by atoms with Crippen molar-refractivity contribution in [3.8, 4) is 0 Å². The molecule has 1 aromatic rings. The summed E-state index contributed by atoms with van der Waals surface area (Å²) in [6.45, 7) is 1.67. The lowest BCUT2D eigenvalue weighted by atomic mass is 9.89. The number of halogens is 1. The number of hydrogen-bond acceptors (Lipinski definition) is 3. The molecule has 1 aliphatic heterocycles. The molecule has 0 amide bonds. The van der Waals surface area contributed by atoms with Gasteiger partial charge < -0.3 is 15.4 Å². The number of nitrogens with zero attached hydrogens (tertiary/aromatic N) is 1. The number of hydrogen-bond donors (Lipinski definition) is 2. The van der Waals surface area contributed by atoms with Gasteiger partial charge in [0.15, 0.2) is 0 Å². The van der Waals surface area contributed by atoms with E-state index in [1.54, 1.807) is 0 Å². The number of fused-ring (bicyclic) bond motifs is 1. The van der Waals surface area contributed by atoms with Crippen LogP contribution < -0.4 is 10.6 Å². The normalized spacial score (nSPS) is 26.1. The Hall–Kier alpha value is -1.26. The minimum Gasteiger partial charge on any atom is -0.384 e. The van der Waals surface area contributed by atoms with Crippen LogP contribution in [0.1, 0.15) is 31.2 Å². The smallest absolute Gasteiger partial charge is 0.124 e. The molecule has 1 saturated carbocycles. The highest BCUT2D eigenvalue weighted by molar-refractivity contribution is 6.34. The molecule has 1 saturated heterocycles. The van der Waals surface area contributed by atoms with Crippen molar-refractivity contribution < 1.29 is 4.74 Å². The molecule has 1 heterocycles. The first-order valence-corrected chi connectivity index (χ1v) is 7.57. The zero-order chi connectivity index (χ0) is 14.1. The minimum atomic E-state index is 0.0130. The van der Waals surface area contributed by atoms with Crippen LogP contribution in [0.5, 0.6) is 0 Å². The van der Waals surface area contributed by atoms with Crippen LogP contribution in [0.25, 0.3) is 0 Å². The Bertz CT molecular complexity index is 518. The number of anilines is 1. The summed E-state index contributed by atoms with van der Waals surface area (Å²) in [5.74, 6) is 0.0130. The second kappa shape index (κ2) is 5.62. The maximum absolute atomic E-state index is 7.50. The van der Waals surface area contributed by atoms with Crippen molar-refractivity contribution >= 4 is 23.1 Å². The van der Waals surface area contributed by atoms with Crippen LogP contribution in [-0.4, -0.2) is 31.1 Å². The van der Waals surface area contributed by atoms with Crippen molar-refractivity contribution in [3.05, 3.63) is 28.8 Å². The largest absolute Gasteiger partial charge is 0.384 e. The molecule has 2 aliphatic rings. The fraction of sp³-hybridized carbons (Fsp3) is 0.533. The molecule has 3 N–H and O–H groups in total. The standard InChI is InChI=1S/C15H20ClN3O/c16-12-9-10(5-6-11(12)15(17)18)19-7-8-20-14-4-2-1-3-13(14)19/h5-6,9,13-14H,1-4,7-8H2,(H3,17,18). The second-order valence-electron chi connectivity index (χ2n) is 5.53. The molecule has 108 valence electrons. The molecule has 1 aromatic carbocycles. The molecular weight excluding hydrogens is 274 g/mol. The van der Waals surface area contributed by atoms with Crippen LogP contribution in [0.3, 0.4) is 0 Å². The van der Waals surface area contributed by atoms with Gasteiger partial charge in [-0.2, -0.15) is 0 Å². The highest BCUT2D eigenvalue weighted by Gasteiger charge is 2.34. The zero-order valence-corrected chi connectivity index (χ0v) is 12.2. The van der Waals surface area contributed by atoms with Gasteiger partial charge in [-0.25, -0.2) is 0 Å². The predicted octanol–water partition coefficient (Wildman–Crippen LogP) is 2.77. The molecule has 1 aliphatic carbocycles. The van der Waals surface area contributed by atoms with Gasteiger partial charge in [0.05, 0.1) is 23.8 Å². The van der Waals surface area contributed by atoms with E-state index >= 15 is 0 Å². The van der Waals surface area contributed by atoms with Crippen LogP contribution in [0.15, 0.2) is 18.2 Å². The van der Waals surface area contributed by atoms with Crippen LogP contribution in [0.4, 0.5) is 5.69 Å². The van der Waals surface area contributed by atoms with Crippen LogP contribution in [0, 0.1) is 5.41 Å². The van der Waals surface area contributed by atoms with Gasteiger partial charge in [-0.3, -0.25) is 5.41 Å². The maximum atomic E-state index is 7.50. The van der Waals surface area contributed by atoms with Crippen LogP contribution >= 0.6 is 11.6 Å². The number of ether oxygens (including phenoxy) is 1. The molecule has 0 bridgehead atoms. The van der Waals surface area contributed by atoms with Crippen LogP contribution in [0.2, 0.25) is 5.02 Å². The summed E-state index contributed by atoms with van der Waals surface area (Å²) in [6, 6.07) is 6.24. The van der Waals surface area contributed by atoms with Crippen molar-refractivity contribution in [1.29, 1.82) is 5.41 Å². The first-order chi connectivity index (χ1) is 9.66. The first kappa shape index (κ1) is 13.7. The predicted molar refractivity (Wildman–Crippen MR) is 81.8 cm³/mol. The van der Waals surface area contributed by atoms with Gasteiger partial charge in [0.2, 0.25) is 0 Å². The summed E-state index contributed by atoms with van der Waals surface area (Å²) in [4.78, 5) is 2.41. The summed E-state index contributed by atoms with van der Waals surface area (Å²) in [6.07, 6.45) is 5.21. The van der Waals surface area contributed by atoms with Crippen molar-refractivity contribution in [2.45, 2.75) is 37.8 Å². The summed E-state index contributed by atoms with van der Waals surface area (Å²) in [5.41, 5.74) is 7.23. The molecule has 2 fully saturated rings. The van der Waals surface area contributed by atoms with Gasteiger partial charge in [-0.1, -0.05) is 24.4 Å². The summed E-state index contributed by atoms with van der Waals surface area (Å²) >= 11 is 6.24.